The van der Waals surface area contributed by atoms with Crippen LogP contribution in [0.1, 0.15) is 25.7 Å². The van der Waals surface area contributed by atoms with Gasteiger partial charge in [0.1, 0.15) is 0 Å². The van der Waals surface area contributed by atoms with Gasteiger partial charge in [-0.1, -0.05) is 0 Å². The Balaban J connectivity index is 0.00000420. The molecule has 172 valence electrons. The monoisotopic (exact) mass is 558 g/mol. The van der Waals surface area contributed by atoms with Gasteiger partial charge in [-0.25, -0.2) is 8.42 Å². The van der Waals surface area contributed by atoms with Gasteiger partial charge in [-0.3, -0.25) is 4.99 Å². The van der Waals surface area contributed by atoms with Crippen molar-refractivity contribution in [2.24, 2.45) is 10.9 Å². The van der Waals surface area contributed by atoms with Crippen molar-refractivity contribution in [3.05, 3.63) is 0 Å². The van der Waals surface area contributed by atoms with Crippen LogP contribution in [0.4, 0.5) is 13.2 Å². The summed E-state index contributed by atoms with van der Waals surface area (Å²) in [5.41, 5.74) is -5.25. The zero-order chi connectivity index (χ0) is 20.6. The second kappa shape index (κ2) is 12.5. The Morgan fingerprint density at radius 1 is 1.28 bits per heavy atom. The minimum absolute atomic E-state index is 0. The predicted molar refractivity (Wildman–Crippen MR) is 114 cm³/mol. The highest BCUT2D eigenvalue weighted by Gasteiger charge is 2.50. The van der Waals surface area contributed by atoms with Crippen LogP contribution in [0, 0.1) is 5.92 Å². The Labute approximate surface area is 187 Å². The number of guanidine groups is 1. The number of sulfonamides is 1. The average Bonchev–Trinajstić information content (AvgIpc) is 3.16. The number of rotatable bonds is 8. The highest BCUT2D eigenvalue weighted by molar-refractivity contribution is 14.0. The quantitative estimate of drug-likeness (QED) is 0.203. The molecule has 2 heterocycles. The summed E-state index contributed by atoms with van der Waals surface area (Å²) in [6.45, 7) is 3.18. The largest absolute Gasteiger partial charge is 0.511 e. The summed E-state index contributed by atoms with van der Waals surface area (Å²) in [6, 6.07) is -0.135. The SMILES string of the molecule is CN=C(NCCCOCC1CCOC1)NC1CCN(S(=O)(=O)C(F)(F)F)CC1.I. The molecule has 8 nitrogen and oxygen atoms in total. The number of nitrogens with zero attached hydrogens (tertiary/aromatic N) is 2. The predicted octanol–water partition coefficient (Wildman–Crippen LogP) is 1.53. The molecule has 2 saturated heterocycles. The molecule has 0 saturated carbocycles. The normalized spacial score (nSPS) is 22.3. The zero-order valence-corrected chi connectivity index (χ0v) is 19.6. The van der Waals surface area contributed by atoms with Crippen LogP contribution in [0.2, 0.25) is 0 Å². The first-order chi connectivity index (χ1) is 13.2. The van der Waals surface area contributed by atoms with Gasteiger partial charge >= 0.3 is 15.5 Å². The van der Waals surface area contributed by atoms with Crippen LogP contribution in [0.5, 0.6) is 0 Å². The summed E-state index contributed by atoms with van der Waals surface area (Å²) in [4.78, 5) is 4.10. The topological polar surface area (TPSA) is 92.3 Å². The summed E-state index contributed by atoms with van der Waals surface area (Å²) in [6.07, 6.45) is 2.39. The molecule has 2 fully saturated rings. The molecule has 0 radical (unpaired) electrons. The molecule has 2 aliphatic heterocycles. The van der Waals surface area contributed by atoms with Crippen molar-refractivity contribution in [1.29, 1.82) is 0 Å². The van der Waals surface area contributed by atoms with Gasteiger partial charge < -0.3 is 20.1 Å². The van der Waals surface area contributed by atoms with Crippen LogP contribution in [-0.4, -0.2) is 83.3 Å². The van der Waals surface area contributed by atoms with E-state index >= 15 is 0 Å². The first-order valence-electron chi connectivity index (χ1n) is 9.43. The van der Waals surface area contributed by atoms with Crippen LogP contribution in [0.3, 0.4) is 0 Å². The molecule has 0 aliphatic carbocycles. The van der Waals surface area contributed by atoms with E-state index in [1.165, 1.54) is 0 Å². The van der Waals surface area contributed by atoms with Crippen molar-refractivity contribution in [3.63, 3.8) is 0 Å². The second-order valence-electron chi connectivity index (χ2n) is 6.93. The van der Waals surface area contributed by atoms with Crippen molar-refractivity contribution in [3.8, 4) is 0 Å². The van der Waals surface area contributed by atoms with Gasteiger partial charge in [-0.15, -0.1) is 24.0 Å². The lowest BCUT2D eigenvalue weighted by Gasteiger charge is -2.32. The van der Waals surface area contributed by atoms with Gasteiger partial charge in [-0.2, -0.15) is 17.5 Å². The number of hydrogen-bond donors (Lipinski definition) is 2. The molecule has 1 unspecified atom stereocenters. The molecule has 29 heavy (non-hydrogen) atoms. The fourth-order valence-electron chi connectivity index (χ4n) is 3.12. The lowest BCUT2D eigenvalue weighted by Crippen LogP contribution is -2.51. The molecule has 0 aromatic rings. The number of halogens is 4. The van der Waals surface area contributed by atoms with Gasteiger partial charge in [0.2, 0.25) is 0 Å². The minimum atomic E-state index is -5.25. The van der Waals surface area contributed by atoms with Crippen LogP contribution in [0.15, 0.2) is 4.99 Å². The van der Waals surface area contributed by atoms with Gasteiger partial charge in [-0.05, 0) is 25.7 Å². The maximum absolute atomic E-state index is 12.6. The third-order valence-electron chi connectivity index (χ3n) is 4.79. The molecular weight excluding hydrogens is 528 g/mol. The molecule has 2 N–H and O–H groups in total. The molecule has 2 rings (SSSR count). The third-order valence-corrected chi connectivity index (χ3v) is 6.42. The molecule has 0 spiro atoms. The molecule has 0 bridgehead atoms. The van der Waals surface area contributed by atoms with E-state index in [9.17, 15) is 21.6 Å². The summed E-state index contributed by atoms with van der Waals surface area (Å²) < 4.78 is 72.1. The fourth-order valence-corrected chi connectivity index (χ4v) is 4.10. The van der Waals surface area contributed by atoms with E-state index in [2.05, 4.69) is 15.6 Å². The minimum Gasteiger partial charge on any atom is -0.381 e. The molecule has 0 aromatic carbocycles. The van der Waals surface area contributed by atoms with Gasteiger partial charge in [0.15, 0.2) is 5.96 Å². The number of hydrogen-bond acceptors (Lipinski definition) is 5. The van der Waals surface area contributed by atoms with E-state index < -0.39 is 15.5 Å². The van der Waals surface area contributed by atoms with E-state index in [1.807, 2.05) is 0 Å². The smallest absolute Gasteiger partial charge is 0.381 e. The van der Waals surface area contributed by atoms with E-state index in [1.54, 1.807) is 7.05 Å². The molecule has 0 amide bonds. The first-order valence-corrected chi connectivity index (χ1v) is 10.9. The van der Waals surface area contributed by atoms with Crippen molar-refractivity contribution in [2.75, 3.05) is 53.1 Å². The van der Waals surface area contributed by atoms with Crippen LogP contribution in [-0.2, 0) is 19.5 Å². The number of ether oxygens (including phenoxy) is 2. The number of aliphatic imine (C=N–C) groups is 1. The Morgan fingerprint density at radius 2 is 1.97 bits per heavy atom. The number of alkyl halides is 3. The number of nitrogens with one attached hydrogen (secondary N) is 2. The molecule has 2 aliphatic rings. The molecule has 0 aromatic heterocycles. The Bertz CT molecular complexity index is 608. The van der Waals surface area contributed by atoms with Crippen LogP contribution in [0.25, 0.3) is 0 Å². The average molecular weight is 558 g/mol. The third kappa shape index (κ3) is 8.34. The van der Waals surface area contributed by atoms with Gasteiger partial charge in [0.25, 0.3) is 0 Å². The van der Waals surface area contributed by atoms with Crippen LogP contribution >= 0.6 is 24.0 Å². The lowest BCUT2D eigenvalue weighted by atomic mass is 10.1. The zero-order valence-electron chi connectivity index (χ0n) is 16.4. The van der Waals surface area contributed by atoms with E-state index in [0.717, 1.165) is 26.1 Å². The highest BCUT2D eigenvalue weighted by Crippen LogP contribution is 2.28. The highest BCUT2D eigenvalue weighted by atomic mass is 127. The summed E-state index contributed by atoms with van der Waals surface area (Å²) in [7, 11) is -3.64. The van der Waals surface area contributed by atoms with Crippen molar-refractivity contribution in [1.82, 2.24) is 14.9 Å². The van der Waals surface area contributed by atoms with Crippen molar-refractivity contribution in [2.45, 2.75) is 37.2 Å². The van der Waals surface area contributed by atoms with Gasteiger partial charge in [0, 0.05) is 51.9 Å². The van der Waals surface area contributed by atoms with E-state index in [-0.39, 0.29) is 55.9 Å². The van der Waals surface area contributed by atoms with Crippen molar-refractivity contribution < 1.29 is 31.1 Å². The van der Waals surface area contributed by atoms with Crippen molar-refractivity contribution >= 4 is 40.0 Å². The van der Waals surface area contributed by atoms with E-state index in [4.69, 9.17) is 9.47 Å². The van der Waals surface area contributed by atoms with E-state index in [0.29, 0.717) is 35.9 Å². The Morgan fingerprint density at radius 3 is 2.52 bits per heavy atom. The van der Waals surface area contributed by atoms with Crippen LogP contribution < -0.4 is 10.6 Å². The summed E-state index contributed by atoms with van der Waals surface area (Å²) in [5, 5.41) is 6.26. The standard InChI is InChI=1S/C16H29F3N4O4S.HI/c1-20-15(21-6-2-9-26-11-13-5-10-27-12-13)22-14-3-7-23(8-4-14)28(24,25)16(17,18)19;/h13-14H,2-12H2,1H3,(H2,20,21,22);1H. The Hall–Kier alpha value is -0.380. The fraction of sp³-hybridized carbons (Fsp3) is 0.938. The Kier molecular flexibility index (Phi) is 11.5. The second-order valence-corrected chi connectivity index (χ2v) is 8.85. The molecule has 13 heteroatoms. The first kappa shape index (κ1) is 26.7. The maximum Gasteiger partial charge on any atom is 0.511 e. The maximum atomic E-state index is 12.6. The number of piperidine rings is 1. The summed E-state index contributed by atoms with van der Waals surface area (Å²) in [5.74, 6) is 1.02. The summed E-state index contributed by atoms with van der Waals surface area (Å²) >= 11 is 0. The molecule has 1 atom stereocenters. The van der Waals surface area contributed by atoms with Gasteiger partial charge in [0.05, 0.1) is 13.2 Å². The molecular formula is C16H30F3IN4O4S. The lowest BCUT2D eigenvalue weighted by molar-refractivity contribution is -0.0494.